The van der Waals surface area contributed by atoms with Crippen LogP contribution >= 0.6 is 0 Å². The van der Waals surface area contributed by atoms with Crippen molar-refractivity contribution in [3.05, 3.63) is 23.8 Å². The van der Waals surface area contributed by atoms with E-state index in [2.05, 4.69) is 4.74 Å². The Hall–Kier alpha value is -1.39. The van der Waals surface area contributed by atoms with Crippen molar-refractivity contribution in [2.24, 2.45) is 0 Å². The zero-order valence-corrected chi connectivity index (χ0v) is 8.14. The second-order valence-electron chi connectivity index (χ2n) is 3.37. The van der Waals surface area contributed by atoms with Crippen LogP contribution in [0.2, 0.25) is 0 Å². The van der Waals surface area contributed by atoms with E-state index in [1.165, 1.54) is 13.2 Å². The van der Waals surface area contributed by atoms with Gasteiger partial charge < -0.3 is 9.64 Å². The normalized spacial score (nSPS) is 15.3. The number of nitrogens with zero attached hydrogens (tertiary/aromatic N) is 1. The second-order valence-corrected chi connectivity index (χ2v) is 3.37. The smallest absolute Gasteiger partial charge is 0.420 e. The Morgan fingerprint density at radius 1 is 1.27 bits per heavy atom. The summed E-state index contributed by atoms with van der Waals surface area (Å²) in [4.78, 5) is 1.86. The van der Waals surface area contributed by atoms with Gasteiger partial charge in [0.05, 0.1) is 12.7 Å². The van der Waals surface area contributed by atoms with Crippen LogP contribution in [0.5, 0.6) is 5.75 Å². The van der Waals surface area contributed by atoms with E-state index < -0.39 is 11.7 Å². The SMILES string of the molecule is COc1ccc(N2CC2)cc1C(F)(F)F. The van der Waals surface area contributed by atoms with Crippen LogP contribution in [0.3, 0.4) is 0 Å². The summed E-state index contributed by atoms with van der Waals surface area (Å²) in [5.74, 6) is -0.131. The molecule has 1 saturated heterocycles. The molecule has 1 aliphatic rings. The molecular weight excluding hydrogens is 207 g/mol. The average Bonchev–Trinajstić information content (AvgIpc) is 2.98. The van der Waals surface area contributed by atoms with Crippen LogP contribution in [0.4, 0.5) is 18.9 Å². The molecule has 0 amide bonds. The predicted octanol–water partition coefficient (Wildman–Crippen LogP) is 2.53. The summed E-state index contributed by atoms with van der Waals surface area (Å²) in [7, 11) is 1.24. The Bertz CT molecular complexity index is 371. The summed E-state index contributed by atoms with van der Waals surface area (Å²) in [6.07, 6.45) is -4.36. The number of hydrogen-bond acceptors (Lipinski definition) is 2. The van der Waals surface area contributed by atoms with E-state index in [-0.39, 0.29) is 5.75 Å². The highest BCUT2D eigenvalue weighted by Crippen LogP contribution is 2.39. The first kappa shape index (κ1) is 10.1. The lowest BCUT2D eigenvalue weighted by atomic mass is 10.1. The molecule has 1 aromatic carbocycles. The molecule has 0 aliphatic carbocycles. The van der Waals surface area contributed by atoms with E-state index in [1.54, 1.807) is 6.07 Å². The topological polar surface area (TPSA) is 12.2 Å². The third kappa shape index (κ3) is 2.00. The number of ether oxygens (including phenoxy) is 1. The highest BCUT2D eigenvalue weighted by molar-refractivity contribution is 5.57. The Labute approximate surface area is 85.3 Å². The molecule has 1 aromatic rings. The van der Waals surface area contributed by atoms with Crippen molar-refractivity contribution in [3.8, 4) is 5.75 Å². The summed E-state index contributed by atoms with van der Waals surface area (Å²) >= 11 is 0. The number of alkyl halides is 3. The zero-order chi connectivity index (χ0) is 11.1. The van der Waals surface area contributed by atoms with Crippen molar-refractivity contribution in [1.29, 1.82) is 0 Å². The maximum absolute atomic E-state index is 12.6. The fourth-order valence-corrected chi connectivity index (χ4v) is 1.42. The van der Waals surface area contributed by atoms with Crippen LogP contribution in [0.1, 0.15) is 5.56 Å². The van der Waals surface area contributed by atoms with Crippen molar-refractivity contribution < 1.29 is 17.9 Å². The maximum Gasteiger partial charge on any atom is 0.420 e. The molecule has 2 nitrogen and oxygen atoms in total. The number of anilines is 1. The van der Waals surface area contributed by atoms with Crippen molar-refractivity contribution in [1.82, 2.24) is 0 Å². The van der Waals surface area contributed by atoms with Crippen LogP contribution in [0, 0.1) is 0 Å². The van der Waals surface area contributed by atoms with Crippen molar-refractivity contribution >= 4 is 5.69 Å². The van der Waals surface area contributed by atoms with Gasteiger partial charge in [-0.1, -0.05) is 0 Å². The molecule has 0 bridgehead atoms. The van der Waals surface area contributed by atoms with E-state index in [9.17, 15) is 13.2 Å². The lowest BCUT2D eigenvalue weighted by molar-refractivity contribution is -0.138. The van der Waals surface area contributed by atoms with Crippen LogP contribution in [0.25, 0.3) is 0 Å². The minimum atomic E-state index is -4.36. The van der Waals surface area contributed by atoms with E-state index >= 15 is 0 Å². The van der Waals surface area contributed by atoms with Gasteiger partial charge in [-0.3, -0.25) is 0 Å². The van der Waals surface area contributed by atoms with Gasteiger partial charge in [0.15, 0.2) is 0 Å². The first-order valence-corrected chi connectivity index (χ1v) is 4.52. The Morgan fingerprint density at radius 3 is 2.40 bits per heavy atom. The number of halogens is 3. The van der Waals surface area contributed by atoms with Crippen LogP contribution < -0.4 is 9.64 Å². The number of rotatable bonds is 2. The molecule has 1 aliphatic heterocycles. The third-order valence-corrected chi connectivity index (χ3v) is 2.30. The van der Waals surface area contributed by atoms with Gasteiger partial charge >= 0.3 is 6.18 Å². The summed E-state index contributed by atoms with van der Waals surface area (Å²) in [5.41, 5.74) is -0.113. The minimum Gasteiger partial charge on any atom is -0.496 e. The molecule has 0 atom stereocenters. The molecule has 15 heavy (non-hydrogen) atoms. The predicted molar refractivity (Wildman–Crippen MR) is 50.2 cm³/mol. The molecule has 2 rings (SSSR count). The molecular formula is C10H10F3NO. The summed E-state index contributed by atoms with van der Waals surface area (Å²) < 4.78 is 42.5. The van der Waals surface area contributed by atoms with Gasteiger partial charge in [0.25, 0.3) is 0 Å². The quantitative estimate of drug-likeness (QED) is 0.706. The van der Waals surface area contributed by atoms with Gasteiger partial charge in [-0.15, -0.1) is 0 Å². The summed E-state index contributed by atoms with van der Waals surface area (Å²) in [5, 5.41) is 0. The standard InChI is InChI=1S/C10H10F3NO/c1-15-9-3-2-7(14-4-5-14)6-8(9)10(11,12)13/h2-3,6H,4-5H2,1H3. The Morgan fingerprint density at radius 2 is 1.93 bits per heavy atom. The van der Waals surface area contributed by atoms with Crippen LogP contribution in [0.15, 0.2) is 18.2 Å². The average molecular weight is 217 g/mol. The highest BCUT2D eigenvalue weighted by Gasteiger charge is 2.35. The second kappa shape index (κ2) is 3.32. The summed E-state index contributed by atoms with van der Waals surface area (Å²) in [6.45, 7) is 1.65. The van der Waals surface area contributed by atoms with E-state index in [0.29, 0.717) is 5.69 Å². The number of benzene rings is 1. The number of methoxy groups -OCH3 is 1. The molecule has 1 heterocycles. The van der Waals surface area contributed by atoms with E-state index in [4.69, 9.17) is 0 Å². The van der Waals surface area contributed by atoms with Crippen LogP contribution in [-0.2, 0) is 6.18 Å². The molecule has 82 valence electrons. The number of hydrogen-bond donors (Lipinski definition) is 0. The molecule has 0 aromatic heterocycles. The summed E-state index contributed by atoms with van der Waals surface area (Å²) in [6, 6.07) is 4.13. The maximum atomic E-state index is 12.6. The van der Waals surface area contributed by atoms with Crippen LogP contribution in [-0.4, -0.2) is 20.2 Å². The molecule has 1 fully saturated rings. The van der Waals surface area contributed by atoms with Crippen molar-refractivity contribution in [2.45, 2.75) is 6.18 Å². The zero-order valence-electron chi connectivity index (χ0n) is 8.14. The van der Waals surface area contributed by atoms with Gasteiger partial charge in [-0.2, -0.15) is 13.2 Å². The van der Waals surface area contributed by atoms with Gasteiger partial charge in [0, 0.05) is 18.8 Å². The Balaban J connectivity index is 2.42. The van der Waals surface area contributed by atoms with E-state index in [1.807, 2.05) is 4.90 Å². The lowest BCUT2D eigenvalue weighted by Gasteiger charge is -2.13. The van der Waals surface area contributed by atoms with Gasteiger partial charge in [0.1, 0.15) is 5.75 Å². The monoisotopic (exact) mass is 217 g/mol. The molecule has 5 heteroatoms. The fraction of sp³-hybridized carbons (Fsp3) is 0.400. The first-order chi connectivity index (χ1) is 7.02. The lowest BCUT2D eigenvalue weighted by Crippen LogP contribution is -2.08. The minimum absolute atomic E-state index is 0.131. The molecule has 0 N–H and O–H groups in total. The first-order valence-electron chi connectivity index (χ1n) is 4.52. The Kier molecular flexibility index (Phi) is 2.25. The van der Waals surface area contributed by atoms with Gasteiger partial charge in [-0.25, -0.2) is 0 Å². The fourth-order valence-electron chi connectivity index (χ4n) is 1.42. The van der Waals surface area contributed by atoms with Gasteiger partial charge in [-0.05, 0) is 18.2 Å². The molecule has 0 spiro atoms. The molecule has 0 unspecified atom stereocenters. The van der Waals surface area contributed by atoms with Gasteiger partial charge in [0.2, 0.25) is 0 Å². The van der Waals surface area contributed by atoms with E-state index in [0.717, 1.165) is 19.2 Å². The highest BCUT2D eigenvalue weighted by atomic mass is 19.4. The van der Waals surface area contributed by atoms with Crippen molar-refractivity contribution in [3.63, 3.8) is 0 Å². The largest absolute Gasteiger partial charge is 0.496 e. The molecule has 0 saturated carbocycles. The third-order valence-electron chi connectivity index (χ3n) is 2.30. The van der Waals surface area contributed by atoms with Crippen molar-refractivity contribution in [2.75, 3.05) is 25.1 Å². The molecule has 0 radical (unpaired) electrons.